The number of hydrogen-bond acceptors (Lipinski definition) is 3. The molecule has 2 aromatic rings. The fourth-order valence-corrected chi connectivity index (χ4v) is 3.47. The fourth-order valence-electron chi connectivity index (χ4n) is 3.47. The van der Waals surface area contributed by atoms with Crippen LogP contribution in [0.5, 0.6) is 0 Å². The lowest BCUT2D eigenvalue weighted by Crippen LogP contribution is -2.12. The van der Waals surface area contributed by atoms with Crippen LogP contribution in [0.4, 0.5) is 0 Å². The second-order valence-corrected chi connectivity index (χ2v) is 6.16. The van der Waals surface area contributed by atoms with Crippen LogP contribution in [-0.4, -0.2) is 28.9 Å². The molecule has 4 nitrogen and oxygen atoms in total. The van der Waals surface area contributed by atoms with Crippen molar-refractivity contribution in [2.75, 3.05) is 13.2 Å². The smallest absolute Gasteiger partial charge is 0.355 e. The molecular weight excluding hydrogens is 290 g/mol. The molecule has 2 rings (SSSR count). The van der Waals surface area contributed by atoms with Crippen LogP contribution in [0.3, 0.4) is 0 Å². The molecule has 1 aromatic carbocycles. The third kappa shape index (κ3) is 2.76. The maximum atomic E-state index is 12.5. The predicted octanol–water partition coefficient (Wildman–Crippen LogP) is 3.51. The van der Waals surface area contributed by atoms with Crippen molar-refractivity contribution in [3.8, 4) is 0 Å². The van der Waals surface area contributed by atoms with E-state index in [1.54, 1.807) is 0 Å². The number of carbonyl (C=O) groups is 1. The minimum Gasteiger partial charge on any atom is -0.461 e. The van der Waals surface area contributed by atoms with Crippen LogP contribution >= 0.6 is 0 Å². The van der Waals surface area contributed by atoms with Crippen LogP contribution in [0.25, 0.3) is 10.9 Å². The molecule has 0 aliphatic rings. The number of aromatic nitrogens is 1. The van der Waals surface area contributed by atoms with Crippen molar-refractivity contribution in [3.63, 3.8) is 0 Å². The van der Waals surface area contributed by atoms with Crippen LogP contribution in [0.1, 0.15) is 51.7 Å². The van der Waals surface area contributed by atoms with Gasteiger partial charge in [-0.05, 0) is 75.3 Å². The molecule has 0 unspecified atom stereocenters. The zero-order valence-electron chi connectivity index (χ0n) is 15.0. The molecule has 4 heteroatoms. The van der Waals surface area contributed by atoms with Crippen molar-refractivity contribution in [3.05, 3.63) is 33.5 Å². The highest BCUT2D eigenvalue weighted by molar-refractivity contribution is 6.02. The normalized spacial score (nSPS) is 11.3. The van der Waals surface area contributed by atoms with Gasteiger partial charge in [-0.15, -0.1) is 0 Å². The lowest BCUT2D eigenvalue weighted by Gasteiger charge is -2.13. The molecular formula is C19H27NO3. The molecule has 0 aliphatic carbocycles. The molecule has 0 saturated carbocycles. The Balaban J connectivity index is 2.89. The van der Waals surface area contributed by atoms with Gasteiger partial charge in [0.15, 0.2) is 0 Å². The number of fused-ring (bicyclic) bond motifs is 1. The maximum absolute atomic E-state index is 12.5. The van der Waals surface area contributed by atoms with Crippen LogP contribution in [0, 0.1) is 27.7 Å². The van der Waals surface area contributed by atoms with Crippen LogP contribution in [0.15, 0.2) is 0 Å². The average Bonchev–Trinajstić information content (AvgIpc) is 2.81. The summed E-state index contributed by atoms with van der Waals surface area (Å²) < 4.78 is 7.24. The van der Waals surface area contributed by atoms with E-state index in [1.165, 1.54) is 22.3 Å². The molecule has 0 spiro atoms. The third-order valence-corrected chi connectivity index (χ3v) is 4.97. The lowest BCUT2D eigenvalue weighted by atomic mass is 9.92. The molecule has 23 heavy (non-hydrogen) atoms. The Morgan fingerprint density at radius 1 is 1.09 bits per heavy atom. The Bertz CT molecular complexity index is 756. The summed E-state index contributed by atoms with van der Waals surface area (Å²) in [5.74, 6) is -0.284. The molecule has 1 heterocycles. The summed E-state index contributed by atoms with van der Waals surface area (Å²) >= 11 is 0. The molecule has 0 atom stereocenters. The van der Waals surface area contributed by atoms with Crippen LogP contribution in [-0.2, 0) is 18.2 Å². The Morgan fingerprint density at radius 2 is 1.70 bits per heavy atom. The monoisotopic (exact) mass is 317 g/mol. The molecule has 0 saturated heterocycles. The van der Waals surface area contributed by atoms with Gasteiger partial charge in [0, 0.05) is 19.0 Å². The number of ether oxygens (including phenoxy) is 1. The topological polar surface area (TPSA) is 51.5 Å². The number of esters is 1. The van der Waals surface area contributed by atoms with Crippen molar-refractivity contribution < 1.29 is 14.6 Å². The summed E-state index contributed by atoms with van der Waals surface area (Å²) in [6.45, 7) is 10.8. The van der Waals surface area contributed by atoms with Crippen molar-refractivity contribution in [2.24, 2.45) is 7.05 Å². The highest BCUT2D eigenvalue weighted by atomic mass is 16.5. The van der Waals surface area contributed by atoms with E-state index in [9.17, 15) is 9.90 Å². The lowest BCUT2D eigenvalue weighted by molar-refractivity contribution is 0.0514. The molecule has 0 amide bonds. The maximum Gasteiger partial charge on any atom is 0.355 e. The van der Waals surface area contributed by atoms with Gasteiger partial charge < -0.3 is 14.4 Å². The zero-order valence-corrected chi connectivity index (χ0v) is 15.0. The standard InChI is InChI=1S/C19H27NO3/c1-7-23-19(22)18-15(9-8-10-21)16-13(4)11(2)12(3)14(5)17(16)20(18)6/h21H,7-10H2,1-6H3. The van der Waals surface area contributed by atoms with Crippen molar-refractivity contribution >= 4 is 16.9 Å². The molecule has 0 fully saturated rings. The summed E-state index contributed by atoms with van der Waals surface area (Å²) in [6.07, 6.45) is 1.31. The van der Waals surface area contributed by atoms with Crippen molar-refractivity contribution in [2.45, 2.75) is 47.5 Å². The van der Waals surface area contributed by atoms with E-state index in [0.717, 1.165) is 16.5 Å². The number of aryl methyl sites for hydroxylation is 4. The van der Waals surface area contributed by atoms with Crippen LogP contribution in [0.2, 0.25) is 0 Å². The molecule has 0 aliphatic heterocycles. The summed E-state index contributed by atoms with van der Waals surface area (Å²) in [4.78, 5) is 12.5. The number of nitrogens with zero attached hydrogens (tertiary/aromatic N) is 1. The van der Waals surface area contributed by atoms with Gasteiger partial charge in [0.05, 0.1) is 12.1 Å². The number of aliphatic hydroxyl groups excluding tert-OH is 1. The summed E-state index contributed by atoms with van der Waals surface area (Å²) in [5, 5.41) is 10.4. The Labute approximate surface area is 138 Å². The summed E-state index contributed by atoms with van der Waals surface area (Å²) in [6, 6.07) is 0. The van der Waals surface area contributed by atoms with Gasteiger partial charge in [0.2, 0.25) is 0 Å². The van der Waals surface area contributed by atoms with Gasteiger partial charge in [0.1, 0.15) is 5.69 Å². The van der Waals surface area contributed by atoms with E-state index >= 15 is 0 Å². The van der Waals surface area contributed by atoms with E-state index in [2.05, 4.69) is 27.7 Å². The Hall–Kier alpha value is -1.81. The number of aliphatic hydroxyl groups is 1. The highest BCUT2D eigenvalue weighted by Gasteiger charge is 2.25. The molecule has 0 bridgehead atoms. The van der Waals surface area contributed by atoms with Gasteiger partial charge in [0.25, 0.3) is 0 Å². The minimum atomic E-state index is -0.284. The second-order valence-electron chi connectivity index (χ2n) is 6.16. The molecule has 126 valence electrons. The molecule has 1 aromatic heterocycles. The van der Waals surface area contributed by atoms with Crippen molar-refractivity contribution in [1.29, 1.82) is 0 Å². The molecule has 0 radical (unpaired) electrons. The highest BCUT2D eigenvalue weighted by Crippen LogP contribution is 2.35. The first kappa shape index (κ1) is 17.5. The molecule has 1 N–H and O–H groups in total. The quantitative estimate of drug-likeness (QED) is 0.859. The number of carbonyl (C=O) groups excluding carboxylic acids is 1. The Morgan fingerprint density at radius 3 is 2.26 bits per heavy atom. The Kier molecular flexibility index (Phi) is 5.15. The summed E-state index contributed by atoms with van der Waals surface area (Å²) in [7, 11) is 1.93. The number of hydrogen-bond donors (Lipinski definition) is 1. The van der Waals surface area contributed by atoms with Gasteiger partial charge in [-0.25, -0.2) is 4.79 Å². The van der Waals surface area contributed by atoms with Gasteiger partial charge >= 0.3 is 5.97 Å². The van der Waals surface area contributed by atoms with Crippen molar-refractivity contribution in [1.82, 2.24) is 4.57 Å². The minimum absolute atomic E-state index is 0.113. The largest absolute Gasteiger partial charge is 0.461 e. The first-order valence-corrected chi connectivity index (χ1v) is 8.22. The zero-order chi connectivity index (χ0) is 17.3. The van der Waals surface area contributed by atoms with E-state index < -0.39 is 0 Å². The average molecular weight is 317 g/mol. The number of benzene rings is 1. The van der Waals surface area contributed by atoms with Gasteiger partial charge in [-0.1, -0.05) is 0 Å². The predicted molar refractivity (Wildman–Crippen MR) is 93.2 cm³/mol. The van der Waals surface area contributed by atoms with E-state index in [-0.39, 0.29) is 12.6 Å². The van der Waals surface area contributed by atoms with E-state index in [1.807, 2.05) is 18.5 Å². The van der Waals surface area contributed by atoms with Gasteiger partial charge in [-0.3, -0.25) is 0 Å². The first-order chi connectivity index (χ1) is 10.9. The fraction of sp³-hybridized carbons (Fsp3) is 0.526. The third-order valence-electron chi connectivity index (χ3n) is 4.97. The first-order valence-electron chi connectivity index (χ1n) is 8.22. The van der Waals surface area contributed by atoms with Crippen LogP contribution < -0.4 is 0 Å². The van der Waals surface area contributed by atoms with E-state index in [4.69, 9.17) is 4.74 Å². The SMILES string of the molecule is CCOC(=O)c1c(CCCO)c2c(C)c(C)c(C)c(C)c2n1C. The second kappa shape index (κ2) is 6.75. The van der Waals surface area contributed by atoms with E-state index in [0.29, 0.717) is 25.1 Å². The number of rotatable bonds is 5. The summed E-state index contributed by atoms with van der Waals surface area (Å²) in [5.41, 5.74) is 7.65. The van der Waals surface area contributed by atoms with Gasteiger partial charge in [-0.2, -0.15) is 0 Å².